The van der Waals surface area contributed by atoms with Gasteiger partial charge in [0, 0.05) is 13.2 Å². The van der Waals surface area contributed by atoms with Crippen molar-refractivity contribution >= 4 is 0 Å². The molecule has 3 heteroatoms. The van der Waals surface area contributed by atoms with Crippen LogP contribution in [0.4, 0.5) is 4.39 Å². The summed E-state index contributed by atoms with van der Waals surface area (Å²) in [7, 11) is 3.66. The number of likely N-dealkylation sites (N-methyl/N-ethyl adjacent to an activating group) is 1. The summed E-state index contributed by atoms with van der Waals surface area (Å²) in [6.45, 7) is 8.48. The highest BCUT2D eigenvalue weighted by molar-refractivity contribution is 5.27. The molecule has 0 bridgehead atoms. The number of methoxy groups -OCH3 is 1. The predicted molar refractivity (Wildman–Crippen MR) is 77.9 cm³/mol. The third-order valence-electron chi connectivity index (χ3n) is 3.59. The molecular formula is C16H26FNO. The van der Waals surface area contributed by atoms with E-state index >= 15 is 0 Å². The fraction of sp³-hybridized carbons (Fsp3) is 0.625. The molecule has 0 aliphatic rings. The van der Waals surface area contributed by atoms with Crippen molar-refractivity contribution in [2.24, 2.45) is 5.41 Å². The minimum Gasteiger partial charge on any atom is -0.379 e. The van der Waals surface area contributed by atoms with Gasteiger partial charge in [0.1, 0.15) is 5.82 Å². The molecule has 1 aromatic rings. The van der Waals surface area contributed by atoms with E-state index in [9.17, 15) is 4.39 Å². The Morgan fingerprint density at radius 3 is 2.42 bits per heavy atom. The van der Waals surface area contributed by atoms with Crippen molar-refractivity contribution in [3.63, 3.8) is 0 Å². The third kappa shape index (κ3) is 4.29. The minimum absolute atomic E-state index is 0.0314. The molecule has 0 saturated heterocycles. The molecule has 0 heterocycles. The summed E-state index contributed by atoms with van der Waals surface area (Å²) in [6.07, 6.45) is 0.829. The maximum absolute atomic E-state index is 13.4. The fourth-order valence-electron chi connectivity index (χ4n) is 2.58. The molecule has 1 N–H and O–H groups in total. The van der Waals surface area contributed by atoms with Gasteiger partial charge >= 0.3 is 0 Å². The van der Waals surface area contributed by atoms with Crippen LogP contribution in [0.25, 0.3) is 0 Å². The van der Waals surface area contributed by atoms with Gasteiger partial charge in [-0.2, -0.15) is 0 Å². The third-order valence-corrected chi connectivity index (χ3v) is 3.59. The number of ether oxygens (including phenoxy) is 1. The molecule has 0 aromatic heterocycles. The highest BCUT2D eigenvalue weighted by atomic mass is 19.1. The number of benzene rings is 1. The van der Waals surface area contributed by atoms with Crippen molar-refractivity contribution in [2.45, 2.75) is 46.3 Å². The van der Waals surface area contributed by atoms with E-state index in [4.69, 9.17) is 4.74 Å². The molecule has 0 spiro atoms. The zero-order valence-corrected chi connectivity index (χ0v) is 12.9. The Hall–Kier alpha value is -0.930. The van der Waals surface area contributed by atoms with E-state index in [0.29, 0.717) is 0 Å². The molecule has 2 atom stereocenters. The first-order valence-corrected chi connectivity index (χ1v) is 6.74. The van der Waals surface area contributed by atoms with Crippen molar-refractivity contribution in [3.8, 4) is 0 Å². The molecule has 108 valence electrons. The summed E-state index contributed by atoms with van der Waals surface area (Å²) in [5, 5.41) is 3.31. The van der Waals surface area contributed by atoms with Crippen LogP contribution in [0.1, 0.15) is 31.9 Å². The monoisotopic (exact) mass is 267 g/mol. The normalized spacial score (nSPS) is 15.3. The topological polar surface area (TPSA) is 21.3 Å². The van der Waals surface area contributed by atoms with Gasteiger partial charge in [0.2, 0.25) is 0 Å². The molecule has 0 saturated carbocycles. The lowest BCUT2D eigenvalue weighted by Gasteiger charge is -2.36. The van der Waals surface area contributed by atoms with Gasteiger partial charge in [-0.15, -0.1) is 0 Å². The molecule has 2 nitrogen and oxygen atoms in total. The second kappa shape index (κ2) is 6.49. The summed E-state index contributed by atoms with van der Waals surface area (Å²) in [6, 6.07) is 5.11. The molecule has 0 fully saturated rings. The Morgan fingerprint density at radius 2 is 1.95 bits per heavy atom. The first-order chi connectivity index (χ1) is 8.79. The summed E-state index contributed by atoms with van der Waals surface area (Å²) in [5.74, 6) is -0.180. The Morgan fingerprint density at radius 1 is 1.32 bits per heavy atom. The van der Waals surface area contributed by atoms with Crippen LogP contribution in [0.2, 0.25) is 0 Å². The summed E-state index contributed by atoms with van der Waals surface area (Å²) < 4.78 is 19.0. The second-order valence-corrected chi connectivity index (χ2v) is 6.19. The van der Waals surface area contributed by atoms with Crippen LogP contribution in [0.15, 0.2) is 18.2 Å². The van der Waals surface area contributed by atoms with Crippen molar-refractivity contribution in [3.05, 3.63) is 35.1 Å². The molecule has 0 aliphatic heterocycles. The van der Waals surface area contributed by atoms with Gasteiger partial charge < -0.3 is 10.1 Å². The second-order valence-electron chi connectivity index (χ2n) is 6.19. The number of hydrogen-bond acceptors (Lipinski definition) is 2. The van der Waals surface area contributed by atoms with E-state index in [1.165, 1.54) is 6.07 Å². The van der Waals surface area contributed by atoms with Crippen molar-refractivity contribution < 1.29 is 9.13 Å². The van der Waals surface area contributed by atoms with Gasteiger partial charge in [-0.25, -0.2) is 4.39 Å². The van der Waals surface area contributed by atoms with Crippen molar-refractivity contribution in [1.29, 1.82) is 0 Å². The summed E-state index contributed by atoms with van der Waals surface area (Å²) >= 11 is 0. The van der Waals surface area contributed by atoms with Crippen molar-refractivity contribution in [1.82, 2.24) is 5.32 Å². The Kier molecular flexibility index (Phi) is 5.50. The van der Waals surface area contributed by atoms with Crippen LogP contribution >= 0.6 is 0 Å². The largest absolute Gasteiger partial charge is 0.379 e. The van der Waals surface area contributed by atoms with Crippen LogP contribution in [0.3, 0.4) is 0 Å². The molecule has 19 heavy (non-hydrogen) atoms. The van der Waals surface area contributed by atoms with Gasteiger partial charge in [0.25, 0.3) is 0 Å². The average Bonchev–Trinajstić information content (AvgIpc) is 2.31. The zero-order valence-electron chi connectivity index (χ0n) is 12.9. The van der Waals surface area contributed by atoms with Gasteiger partial charge in [-0.05, 0) is 49.1 Å². The number of aryl methyl sites for hydroxylation is 1. The summed E-state index contributed by atoms with van der Waals surface area (Å²) in [5.41, 5.74) is 2.18. The minimum atomic E-state index is -0.180. The lowest BCUT2D eigenvalue weighted by atomic mass is 9.82. The van der Waals surface area contributed by atoms with Crippen LogP contribution < -0.4 is 5.32 Å². The predicted octanol–water partition coefficient (Wildman–Crippen LogP) is 3.33. The van der Waals surface area contributed by atoms with Gasteiger partial charge in [-0.1, -0.05) is 26.8 Å². The molecule has 1 rings (SSSR count). The van der Waals surface area contributed by atoms with E-state index in [0.717, 1.165) is 17.5 Å². The number of rotatable bonds is 5. The van der Waals surface area contributed by atoms with E-state index < -0.39 is 0 Å². The number of halogens is 1. The molecular weight excluding hydrogens is 241 g/mol. The maximum Gasteiger partial charge on any atom is 0.123 e. The highest BCUT2D eigenvalue weighted by Gasteiger charge is 2.31. The highest BCUT2D eigenvalue weighted by Crippen LogP contribution is 2.26. The molecule has 0 amide bonds. The van der Waals surface area contributed by atoms with Crippen LogP contribution in [0.5, 0.6) is 0 Å². The lowest BCUT2D eigenvalue weighted by Crippen LogP contribution is -2.47. The lowest BCUT2D eigenvalue weighted by molar-refractivity contribution is -0.00925. The maximum atomic E-state index is 13.4. The number of nitrogens with one attached hydrogen (secondary N) is 1. The van der Waals surface area contributed by atoms with Crippen molar-refractivity contribution in [2.75, 3.05) is 14.2 Å². The molecule has 0 radical (unpaired) electrons. The van der Waals surface area contributed by atoms with E-state index in [2.05, 4.69) is 26.1 Å². The molecule has 1 aromatic carbocycles. The molecule has 2 unspecified atom stereocenters. The quantitative estimate of drug-likeness (QED) is 0.883. The van der Waals surface area contributed by atoms with Gasteiger partial charge in [0.05, 0.1) is 6.10 Å². The first-order valence-electron chi connectivity index (χ1n) is 6.74. The van der Waals surface area contributed by atoms with Gasteiger partial charge in [-0.3, -0.25) is 0 Å². The SMILES string of the molecule is CNC(Cc1cc(F)ccc1C)C(OC)C(C)(C)C. The Bertz CT molecular complexity index is 412. The van der Waals surface area contributed by atoms with Crippen LogP contribution in [0, 0.1) is 18.2 Å². The standard InChI is InChI=1S/C16H26FNO/c1-11-7-8-13(17)9-12(11)10-14(18-5)15(19-6)16(2,3)4/h7-9,14-15,18H,10H2,1-6H3. The Labute approximate surface area is 116 Å². The fourth-order valence-corrected chi connectivity index (χ4v) is 2.58. The first kappa shape index (κ1) is 16.1. The average molecular weight is 267 g/mol. The van der Waals surface area contributed by atoms with E-state index in [-0.39, 0.29) is 23.4 Å². The zero-order chi connectivity index (χ0) is 14.6. The smallest absolute Gasteiger partial charge is 0.123 e. The van der Waals surface area contributed by atoms with Crippen LogP contribution in [-0.4, -0.2) is 26.3 Å². The van der Waals surface area contributed by atoms with Gasteiger partial charge in [0.15, 0.2) is 0 Å². The van der Waals surface area contributed by atoms with E-state index in [1.54, 1.807) is 13.2 Å². The Balaban J connectivity index is 2.95. The number of hydrogen-bond donors (Lipinski definition) is 1. The molecule has 0 aliphatic carbocycles. The van der Waals surface area contributed by atoms with Crippen LogP contribution in [-0.2, 0) is 11.2 Å². The summed E-state index contributed by atoms with van der Waals surface area (Å²) in [4.78, 5) is 0. The van der Waals surface area contributed by atoms with E-state index in [1.807, 2.05) is 20.0 Å².